The van der Waals surface area contributed by atoms with Crippen molar-refractivity contribution in [3.8, 4) is 11.5 Å². The lowest BCUT2D eigenvalue weighted by Gasteiger charge is -2.13. The SMILES string of the molecule is CC/C(=C/C=O)c1ccc(OCc2ccc(N)cc2)cc1OC. The van der Waals surface area contributed by atoms with Gasteiger partial charge in [-0.3, -0.25) is 4.79 Å². The summed E-state index contributed by atoms with van der Waals surface area (Å²) in [5.41, 5.74) is 9.27. The molecule has 0 aliphatic rings. The first-order valence-electron chi connectivity index (χ1n) is 7.48. The summed E-state index contributed by atoms with van der Waals surface area (Å²) in [6.45, 7) is 2.45. The van der Waals surface area contributed by atoms with Gasteiger partial charge in [-0.15, -0.1) is 0 Å². The second-order valence-corrected chi connectivity index (χ2v) is 5.07. The van der Waals surface area contributed by atoms with Crippen LogP contribution in [0.5, 0.6) is 11.5 Å². The summed E-state index contributed by atoms with van der Waals surface area (Å²) in [5.74, 6) is 1.40. The minimum atomic E-state index is 0.452. The van der Waals surface area contributed by atoms with Crippen LogP contribution in [0, 0.1) is 0 Å². The number of anilines is 1. The molecular weight excluding hydrogens is 290 g/mol. The van der Waals surface area contributed by atoms with Crippen molar-refractivity contribution in [3.05, 3.63) is 59.7 Å². The second-order valence-electron chi connectivity index (χ2n) is 5.07. The molecule has 0 fully saturated rings. The highest BCUT2D eigenvalue weighted by molar-refractivity contribution is 5.83. The summed E-state index contributed by atoms with van der Waals surface area (Å²) >= 11 is 0. The van der Waals surface area contributed by atoms with E-state index >= 15 is 0 Å². The van der Waals surface area contributed by atoms with Gasteiger partial charge in [-0.1, -0.05) is 19.1 Å². The van der Waals surface area contributed by atoms with Gasteiger partial charge in [0.15, 0.2) is 0 Å². The highest BCUT2D eigenvalue weighted by Crippen LogP contribution is 2.31. The quantitative estimate of drug-likeness (QED) is 0.479. The van der Waals surface area contributed by atoms with E-state index in [4.69, 9.17) is 15.2 Å². The Balaban J connectivity index is 2.16. The molecule has 0 amide bonds. The molecule has 0 aromatic heterocycles. The van der Waals surface area contributed by atoms with Crippen molar-refractivity contribution in [2.45, 2.75) is 20.0 Å². The van der Waals surface area contributed by atoms with Gasteiger partial charge in [0.25, 0.3) is 0 Å². The number of hydrogen-bond donors (Lipinski definition) is 1. The lowest BCUT2D eigenvalue weighted by molar-refractivity contribution is -0.104. The van der Waals surface area contributed by atoms with E-state index in [1.165, 1.54) is 0 Å². The first-order chi connectivity index (χ1) is 11.2. The molecule has 0 heterocycles. The van der Waals surface area contributed by atoms with E-state index in [0.29, 0.717) is 18.1 Å². The van der Waals surface area contributed by atoms with Crippen LogP contribution in [-0.2, 0) is 11.4 Å². The number of nitrogens with two attached hydrogens (primary N) is 1. The average Bonchev–Trinajstić information content (AvgIpc) is 2.59. The summed E-state index contributed by atoms with van der Waals surface area (Å²) < 4.78 is 11.2. The molecule has 0 unspecified atom stereocenters. The third-order valence-corrected chi connectivity index (χ3v) is 3.55. The topological polar surface area (TPSA) is 61.5 Å². The van der Waals surface area contributed by atoms with Crippen molar-refractivity contribution >= 4 is 17.5 Å². The highest BCUT2D eigenvalue weighted by atomic mass is 16.5. The molecule has 0 spiro atoms. The molecule has 0 radical (unpaired) electrons. The van der Waals surface area contributed by atoms with Crippen molar-refractivity contribution in [1.29, 1.82) is 0 Å². The minimum Gasteiger partial charge on any atom is -0.496 e. The molecule has 0 aliphatic carbocycles. The zero-order chi connectivity index (χ0) is 16.7. The maximum absolute atomic E-state index is 10.7. The molecule has 0 atom stereocenters. The number of ether oxygens (including phenoxy) is 2. The summed E-state index contributed by atoms with van der Waals surface area (Å²) in [7, 11) is 1.61. The Bertz CT molecular complexity index is 690. The second kappa shape index (κ2) is 8.03. The molecule has 0 saturated heterocycles. The Labute approximate surface area is 136 Å². The third kappa shape index (κ3) is 4.36. The lowest BCUT2D eigenvalue weighted by Crippen LogP contribution is -1.98. The van der Waals surface area contributed by atoms with E-state index in [1.807, 2.05) is 49.4 Å². The summed E-state index contributed by atoms with van der Waals surface area (Å²) in [6.07, 6.45) is 3.11. The van der Waals surface area contributed by atoms with E-state index in [0.717, 1.165) is 35.1 Å². The molecule has 4 nitrogen and oxygen atoms in total. The van der Waals surface area contributed by atoms with Gasteiger partial charge in [0, 0.05) is 17.3 Å². The van der Waals surface area contributed by atoms with Crippen LogP contribution in [0.3, 0.4) is 0 Å². The first kappa shape index (κ1) is 16.6. The Morgan fingerprint density at radius 2 is 1.91 bits per heavy atom. The molecule has 0 bridgehead atoms. The Hall–Kier alpha value is -2.75. The smallest absolute Gasteiger partial charge is 0.143 e. The number of benzene rings is 2. The van der Waals surface area contributed by atoms with Gasteiger partial charge < -0.3 is 15.2 Å². The molecule has 4 heteroatoms. The Morgan fingerprint density at radius 3 is 2.52 bits per heavy atom. The van der Waals surface area contributed by atoms with Crippen LogP contribution in [0.15, 0.2) is 48.5 Å². The molecule has 0 saturated carbocycles. The van der Waals surface area contributed by atoms with Gasteiger partial charge in [0.2, 0.25) is 0 Å². The molecular formula is C19H21NO3. The maximum atomic E-state index is 10.7. The molecule has 120 valence electrons. The van der Waals surface area contributed by atoms with Crippen LogP contribution in [-0.4, -0.2) is 13.4 Å². The van der Waals surface area contributed by atoms with Gasteiger partial charge in [-0.05, 0) is 47.9 Å². The summed E-state index contributed by atoms with van der Waals surface area (Å²) in [5, 5.41) is 0. The monoisotopic (exact) mass is 311 g/mol. The highest BCUT2D eigenvalue weighted by Gasteiger charge is 2.09. The number of allylic oxidation sites excluding steroid dienone is 2. The van der Waals surface area contributed by atoms with Crippen LogP contribution in [0.4, 0.5) is 5.69 Å². The number of methoxy groups -OCH3 is 1. The largest absolute Gasteiger partial charge is 0.496 e. The van der Waals surface area contributed by atoms with Crippen molar-refractivity contribution in [1.82, 2.24) is 0 Å². The fraction of sp³-hybridized carbons (Fsp3) is 0.211. The van der Waals surface area contributed by atoms with Crippen LogP contribution in [0.25, 0.3) is 5.57 Å². The van der Waals surface area contributed by atoms with Crippen molar-refractivity contribution in [3.63, 3.8) is 0 Å². The van der Waals surface area contributed by atoms with Gasteiger partial charge in [-0.2, -0.15) is 0 Å². The standard InChI is InChI=1S/C19H21NO3/c1-3-15(10-11-21)18-9-8-17(12-19(18)22-2)23-13-14-4-6-16(20)7-5-14/h4-12H,3,13,20H2,1-2H3/b15-10-. The van der Waals surface area contributed by atoms with Crippen LogP contribution in [0.1, 0.15) is 24.5 Å². The Morgan fingerprint density at radius 1 is 1.17 bits per heavy atom. The fourth-order valence-corrected chi connectivity index (χ4v) is 2.29. The van der Waals surface area contributed by atoms with Gasteiger partial charge in [0.1, 0.15) is 24.4 Å². The fourth-order valence-electron chi connectivity index (χ4n) is 2.29. The van der Waals surface area contributed by atoms with Crippen LogP contribution < -0.4 is 15.2 Å². The lowest BCUT2D eigenvalue weighted by atomic mass is 10.0. The van der Waals surface area contributed by atoms with Crippen LogP contribution in [0.2, 0.25) is 0 Å². The molecule has 2 N–H and O–H groups in total. The maximum Gasteiger partial charge on any atom is 0.143 e. The number of carbonyl (C=O) groups excluding carboxylic acids is 1. The predicted octanol–water partition coefficient (Wildman–Crippen LogP) is 3.85. The number of nitrogen functional groups attached to an aromatic ring is 1. The number of carbonyl (C=O) groups is 1. The molecule has 2 aromatic rings. The normalized spacial score (nSPS) is 11.1. The van der Waals surface area contributed by atoms with E-state index in [9.17, 15) is 4.79 Å². The first-order valence-corrected chi connectivity index (χ1v) is 7.48. The van der Waals surface area contributed by atoms with E-state index in [1.54, 1.807) is 13.2 Å². The van der Waals surface area contributed by atoms with Crippen LogP contribution >= 0.6 is 0 Å². The number of aldehydes is 1. The zero-order valence-electron chi connectivity index (χ0n) is 13.4. The minimum absolute atomic E-state index is 0.452. The van der Waals surface area contributed by atoms with Crippen molar-refractivity contribution < 1.29 is 14.3 Å². The van der Waals surface area contributed by atoms with E-state index in [-0.39, 0.29) is 0 Å². The van der Waals surface area contributed by atoms with Gasteiger partial charge in [-0.25, -0.2) is 0 Å². The predicted molar refractivity (Wildman–Crippen MR) is 92.5 cm³/mol. The molecule has 23 heavy (non-hydrogen) atoms. The summed E-state index contributed by atoms with van der Waals surface area (Å²) in [6, 6.07) is 13.2. The number of rotatable bonds is 7. The number of hydrogen-bond acceptors (Lipinski definition) is 4. The molecule has 0 aliphatic heterocycles. The van der Waals surface area contributed by atoms with Gasteiger partial charge >= 0.3 is 0 Å². The van der Waals surface area contributed by atoms with Gasteiger partial charge in [0.05, 0.1) is 7.11 Å². The van der Waals surface area contributed by atoms with Crippen molar-refractivity contribution in [2.24, 2.45) is 0 Å². The van der Waals surface area contributed by atoms with Crippen molar-refractivity contribution in [2.75, 3.05) is 12.8 Å². The molecule has 2 aromatic carbocycles. The third-order valence-electron chi connectivity index (χ3n) is 3.55. The Kier molecular flexibility index (Phi) is 5.80. The van der Waals surface area contributed by atoms with E-state index < -0.39 is 0 Å². The average molecular weight is 311 g/mol. The zero-order valence-corrected chi connectivity index (χ0v) is 13.4. The van der Waals surface area contributed by atoms with E-state index in [2.05, 4.69) is 0 Å². The molecule has 2 rings (SSSR count). The summed E-state index contributed by atoms with van der Waals surface area (Å²) in [4.78, 5) is 10.7.